The van der Waals surface area contributed by atoms with Crippen LogP contribution in [-0.4, -0.2) is 23.5 Å². The molecule has 4 heteroatoms. The highest BCUT2D eigenvalue weighted by Gasteiger charge is 2.08. The SMILES string of the molecule is Cc1ccc(C)c(OCCSC(C)C(N)=O)c1. The van der Waals surface area contributed by atoms with Gasteiger partial charge in [-0.1, -0.05) is 12.1 Å². The standard InChI is InChI=1S/C13H19NO2S/c1-9-4-5-10(2)12(8-9)16-6-7-17-11(3)13(14)15/h4-5,8,11H,6-7H2,1-3H3,(H2,14,15). The van der Waals surface area contributed by atoms with E-state index in [2.05, 4.69) is 6.07 Å². The van der Waals surface area contributed by atoms with Gasteiger partial charge < -0.3 is 10.5 Å². The van der Waals surface area contributed by atoms with E-state index in [9.17, 15) is 4.79 Å². The Kier molecular flexibility index (Phi) is 5.35. The van der Waals surface area contributed by atoms with Gasteiger partial charge in [0.05, 0.1) is 11.9 Å². The molecule has 0 saturated heterocycles. The minimum atomic E-state index is -0.276. The number of aryl methyl sites for hydroxylation is 2. The first kappa shape index (κ1) is 13.9. The normalized spacial score (nSPS) is 12.2. The van der Waals surface area contributed by atoms with E-state index in [0.717, 1.165) is 17.1 Å². The maximum atomic E-state index is 10.8. The van der Waals surface area contributed by atoms with Gasteiger partial charge in [-0.05, 0) is 38.0 Å². The molecule has 1 aromatic carbocycles. The average molecular weight is 253 g/mol. The van der Waals surface area contributed by atoms with Gasteiger partial charge in [0.25, 0.3) is 0 Å². The highest BCUT2D eigenvalue weighted by atomic mass is 32.2. The highest BCUT2D eigenvalue weighted by Crippen LogP contribution is 2.19. The van der Waals surface area contributed by atoms with E-state index in [4.69, 9.17) is 10.5 Å². The summed E-state index contributed by atoms with van der Waals surface area (Å²) in [7, 11) is 0. The summed E-state index contributed by atoms with van der Waals surface area (Å²) in [5.74, 6) is 1.40. The van der Waals surface area contributed by atoms with Crippen LogP contribution in [0, 0.1) is 13.8 Å². The van der Waals surface area contributed by atoms with Crippen molar-refractivity contribution in [2.24, 2.45) is 5.73 Å². The summed E-state index contributed by atoms with van der Waals surface area (Å²) < 4.78 is 5.67. The van der Waals surface area contributed by atoms with Gasteiger partial charge in [-0.2, -0.15) is 0 Å². The average Bonchev–Trinajstić information content (AvgIpc) is 2.28. The van der Waals surface area contributed by atoms with E-state index in [0.29, 0.717) is 6.61 Å². The van der Waals surface area contributed by atoms with E-state index in [1.807, 2.05) is 32.9 Å². The molecule has 1 aromatic rings. The maximum Gasteiger partial charge on any atom is 0.230 e. The molecule has 1 atom stereocenters. The molecule has 1 rings (SSSR count). The fraction of sp³-hybridized carbons (Fsp3) is 0.462. The van der Waals surface area contributed by atoms with Crippen molar-refractivity contribution in [2.45, 2.75) is 26.0 Å². The van der Waals surface area contributed by atoms with Crippen LogP contribution in [0.5, 0.6) is 5.75 Å². The van der Waals surface area contributed by atoms with E-state index < -0.39 is 0 Å². The number of thioether (sulfide) groups is 1. The van der Waals surface area contributed by atoms with Crippen LogP contribution in [0.1, 0.15) is 18.1 Å². The lowest BCUT2D eigenvalue weighted by atomic mass is 10.1. The Bertz CT molecular complexity index is 393. The first-order valence-corrected chi connectivity index (χ1v) is 6.66. The molecule has 0 heterocycles. The van der Waals surface area contributed by atoms with E-state index in [-0.39, 0.29) is 11.2 Å². The van der Waals surface area contributed by atoms with Gasteiger partial charge >= 0.3 is 0 Å². The molecule has 0 aromatic heterocycles. The first-order chi connectivity index (χ1) is 8.00. The van der Waals surface area contributed by atoms with Crippen LogP contribution >= 0.6 is 11.8 Å². The third kappa shape index (κ3) is 4.69. The molecule has 0 spiro atoms. The lowest BCUT2D eigenvalue weighted by Crippen LogP contribution is -2.23. The predicted molar refractivity (Wildman–Crippen MR) is 72.5 cm³/mol. The number of hydrogen-bond acceptors (Lipinski definition) is 3. The summed E-state index contributed by atoms with van der Waals surface area (Å²) in [5, 5.41) is -0.155. The van der Waals surface area contributed by atoms with Crippen molar-refractivity contribution < 1.29 is 9.53 Å². The second kappa shape index (κ2) is 6.55. The van der Waals surface area contributed by atoms with Crippen molar-refractivity contribution in [2.75, 3.05) is 12.4 Å². The molecule has 0 saturated carbocycles. The van der Waals surface area contributed by atoms with E-state index in [1.54, 1.807) is 0 Å². The molecule has 0 aliphatic carbocycles. The van der Waals surface area contributed by atoms with Crippen LogP contribution in [0.2, 0.25) is 0 Å². The maximum absolute atomic E-state index is 10.8. The van der Waals surface area contributed by atoms with Gasteiger partial charge in [0.1, 0.15) is 5.75 Å². The monoisotopic (exact) mass is 253 g/mol. The zero-order chi connectivity index (χ0) is 12.8. The van der Waals surface area contributed by atoms with Crippen LogP contribution < -0.4 is 10.5 Å². The number of carbonyl (C=O) groups is 1. The Hall–Kier alpha value is -1.16. The van der Waals surface area contributed by atoms with Crippen molar-refractivity contribution in [3.63, 3.8) is 0 Å². The summed E-state index contributed by atoms with van der Waals surface area (Å²) in [4.78, 5) is 10.8. The number of amides is 1. The van der Waals surface area contributed by atoms with Gasteiger partial charge in [-0.15, -0.1) is 11.8 Å². The second-order valence-corrected chi connectivity index (χ2v) is 5.48. The number of nitrogens with two attached hydrogens (primary N) is 1. The fourth-order valence-corrected chi connectivity index (χ4v) is 2.02. The van der Waals surface area contributed by atoms with Crippen molar-refractivity contribution in [3.05, 3.63) is 29.3 Å². The Balaban J connectivity index is 2.36. The van der Waals surface area contributed by atoms with Crippen LogP contribution in [0.15, 0.2) is 18.2 Å². The molecular formula is C13H19NO2S. The number of carbonyl (C=O) groups excluding carboxylic acids is 1. The molecule has 0 bridgehead atoms. The number of benzene rings is 1. The smallest absolute Gasteiger partial charge is 0.230 e. The zero-order valence-corrected chi connectivity index (χ0v) is 11.3. The molecule has 0 aliphatic rings. The Labute approximate surface area is 107 Å². The molecule has 0 aliphatic heterocycles. The lowest BCUT2D eigenvalue weighted by Gasteiger charge is -2.11. The first-order valence-electron chi connectivity index (χ1n) is 5.61. The molecule has 0 radical (unpaired) electrons. The van der Waals surface area contributed by atoms with E-state index >= 15 is 0 Å². The fourth-order valence-electron chi connectivity index (χ4n) is 1.32. The Morgan fingerprint density at radius 2 is 2.18 bits per heavy atom. The second-order valence-electron chi connectivity index (χ2n) is 4.03. The van der Waals surface area contributed by atoms with Gasteiger partial charge in [-0.25, -0.2) is 0 Å². The summed E-state index contributed by atoms with van der Waals surface area (Å²) in [6.07, 6.45) is 0. The van der Waals surface area contributed by atoms with Gasteiger partial charge in [0.2, 0.25) is 5.91 Å². The lowest BCUT2D eigenvalue weighted by molar-refractivity contribution is -0.117. The summed E-state index contributed by atoms with van der Waals surface area (Å²) >= 11 is 1.51. The minimum Gasteiger partial charge on any atom is -0.492 e. The Morgan fingerprint density at radius 3 is 2.82 bits per heavy atom. The van der Waals surface area contributed by atoms with Crippen molar-refractivity contribution in [3.8, 4) is 5.75 Å². The third-order valence-corrected chi connectivity index (χ3v) is 3.59. The van der Waals surface area contributed by atoms with E-state index in [1.165, 1.54) is 17.3 Å². The molecule has 94 valence electrons. The number of primary amides is 1. The molecular weight excluding hydrogens is 234 g/mol. The summed E-state index contributed by atoms with van der Waals surface area (Å²) in [6.45, 7) is 6.46. The van der Waals surface area contributed by atoms with Gasteiger partial charge in [0.15, 0.2) is 0 Å². The third-order valence-electron chi connectivity index (χ3n) is 2.45. The summed E-state index contributed by atoms with van der Waals surface area (Å²) in [5.41, 5.74) is 7.49. The van der Waals surface area contributed by atoms with Crippen LogP contribution in [0.4, 0.5) is 0 Å². The quantitative estimate of drug-likeness (QED) is 0.791. The number of hydrogen-bond donors (Lipinski definition) is 1. The van der Waals surface area contributed by atoms with Gasteiger partial charge in [-0.3, -0.25) is 4.79 Å². The molecule has 1 amide bonds. The topological polar surface area (TPSA) is 52.3 Å². The van der Waals surface area contributed by atoms with Crippen LogP contribution in [0.25, 0.3) is 0 Å². The van der Waals surface area contributed by atoms with Crippen molar-refractivity contribution in [1.82, 2.24) is 0 Å². The van der Waals surface area contributed by atoms with Crippen LogP contribution in [0.3, 0.4) is 0 Å². The van der Waals surface area contributed by atoms with Gasteiger partial charge in [0, 0.05) is 5.75 Å². The highest BCUT2D eigenvalue weighted by molar-refractivity contribution is 8.00. The minimum absolute atomic E-state index is 0.155. The molecule has 1 unspecified atom stereocenters. The molecule has 2 N–H and O–H groups in total. The number of rotatable bonds is 6. The van der Waals surface area contributed by atoms with Crippen molar-refractivity contribution >= 4 is 17.7 Å². The predicted octanol–water partition coefficient (Wildman–Crippen LogP) is 2.29. The van der Waals surface area contributed by atoms with Crippen molar-refractivity contribution in [1.29, 1.82) is 0 Å². The largest absolute Gasteiger partial charge is 0.492 e. The zero-order valence-electron chi connectivity index (χ0n) is 10.5. The molecule has 0 fully saturated rings. The Morgan fingerprint density at radius 1 is 1.47 bits per heavy atom. The summed E-state index contributed by atoms with van der Waals surface area (Å²) in [6, 6.07) is 6.13. The molecule has 3 nitrogen and oxygen atoms in total. The number of ether oxygens (including phenoxy) is 1. The molecule has 17 heavy (non-hydrogen) atoms. The van der Waals surface area contributed by atoms with Crippen LogP contribution in [-0.2, 0) is 4.79 Å².